The van der Waals surface area contributed by atoms with Crippen molar-refractivity contribution in [2.75, 3.05) is 17.2 Å². The minimum atomic E-state index is 0.403. The first-order chi connectivity index (χ1) is 9.60. The van der Waals surface area contributed by atoms with E-state index in [1.54, 1.807) is 0 Å². The zero-order valence-electron chi connectivity index (χ0n) is 12.6. The molecule has 20 heavy (non-hydrogen) atoms. The van der Waals surface area contributed by atoms with Crippen LogP contribution in [0.15, 0.2) is 36.5 Å². The topological polar surface area (TPSA) is 47.1 Å². The van der Waals surface area contributed by atoms with Crippen LogP contribution in [-0.4, -0.2) is 16.3 Å². The monoisotopic (exact) mass is 272 g/mol. The van der Waals surface area contributed by atoms with Crippen LogP contribution in [0, 0.1) is 0 Å². The molecule has 0 aliphatic heterocycles. The molecule has 0 aliphatic carbocycles. The van der Waals surface area contributed by atoms with Crippen LogP contribution in [0.5, 0.6) is 0 Å². The molecule has 2 N–H and O–H groups in total. The van der Waals surface area contributed by atoms with Gasteiger partial charge in [0, 0.05) is 30.2 Å². The maximum absolute atomic E-state index is 5.76. The maximum Gasteiger partial charge on any atom is 0.0817 e. The van der Waals surface area contributed by atoms with Gasteiger partial charge in [0.1, 0.15) is 0 Å². The van der Waals surface area contributed by atoms with Gasteiger partial charge in [-0.2, -0.15) is 5.10 Å². The summed E-state index contributed by atoms with van der Waals surface area (Å²) in [6, 6.07) is 10.5. The van der Waals surface area contributed by atoms with Crippen LogP contribution >= 0.6 is 0 Å². The summed E-state index contributed by atoms with van der Waals surface area (Å²) in [5.74, 6) is 0. The van der Waals surface area contributed by atoms with E-state index in [9.17, 15) is 0 Å². The van der Waals surface area contributed by atoms with Crippen molar-refractivity contribution in [3.05, 3.63) is 42.2 Å². The maximum atomic E-state index is 5.76. The molecule has 4 nitrogen and oxygen atoms in total. The van der Waals surface area contributed by atoms with Crippen molar-refractivity contribution < 1.29 is 0 Å². The molecule has 1 aromatic heterocycles. The van der Waals surface area contributed by atoms with Crippen LogP contribution in [0.4, 0.5) is 11.4 Å². The molecular formula is C16H24N4. The van der Waals surface area contributed by atoms with Gasteiger partial charge in [0.25, 0.3) is 0 Å². The van der Waals surface area contributed by atoms with Crippen LogP contribution in [-0.2, 0) is 6.54 Å². The average molecular weight is 272 g/mol. The van der Waals surface area contributed by atoms with Gasteiger partial charge >= 0.3 is 0 Å². The second kappa shape index (κ2) is 6.46. The predicted molar refractivity (Wildman–Crippen MR) is 84.8 cm³/mol. The van der Waals surface area contributed by atoms with E-state index in [1.807, 2.05) is 23.0 Å². The van der Waals surface area contributed by atoms with Crippen LogP contribution in [0.25, 0.3) is 0 Å². The highest BCUT2D eigenvalue weighted by Crippen LogP contribution is 2.19. The molecule has 1 heterocycles. The molecule has 0 atom stereocenters. The Morgan fingerprint density at radius 3 is 2.45 bits per heavy atom. The van der Waals surface area contributed by atoms with Crippen molar-refractivity contribution in [2.24, 2.45) is 0 Å². The normalized spacial score (nSPS) is 11.0. The smallest absolute Gasteiger partial charge is 0.0817 e. The largest absolute Gasteiger partial charge is 0.399 e. The number of nitrogens with two attached hydrogens (primary N) is 1. The fourth-order valence-corrected chi connectivity index (χ4v) is 2.20. The van der Waals surface area contributed by atoms with E-state index in [1.165, 1.54) is 5.69 Å². The Morgan fingerprint density at radius 2 is 1.90 bits per heavy atom. The first-order valence-corrected chi connectivity index (χ1v) is 7.24. The van der Waals surface area contributed by atoms with Gasteiger partial charge < -0.3 is 10.6 Å². The molecule has 0 saturated carbocycles. The molecule has 0 aliphatic rings. The number of aromatic nitrogens is 2. The van der Waals surface area contributed by atoms with Crippen LogP contribution in [0.1, 0.15) is 38.9 Å². The van der Waals surface area contributed by atoms with Crippen molar-refractivity contribution in [1.82, 2.24) is 9.78 Å². The summed E-state index contributed by atoms with van der Waals surface area (Å²) in [7, 11) is 0. The van der Waals surface area contributed by atoms with E-state index < -0.39 is 0 Å². The fraction of sp³-hybridized carbons (Fsp3) is 0.438. The molecule has 2 rings (SSSR count). The number of hydrogen-bond acceptors (Lipinski definition) is 3. The fourth-order valence-electron chi connectivity index (χ4n) is 2.20. The zero-order chi connectivity index (χ0) is 14.5. The lowest BCUT2D eigenvalue weighted by molar-refractivity contribution is 0.525. The third-order valence-corrected chi connectivity index (χ3v) is 3.30. The molecule has 4 heteroatoms. The van der Waals surface area contributed by atoms with Crippen molar-refractivity contribution in [2.45, 2.75) is 39.8 Å². The summed E-state index contributed by atoms with van der Waals surface area (Å²) in [6.45, 7) is 8.31. The Labute approximate surface area is 121 Å². The van der Waals surface area contributed by atoms with Crippen molar-refractivity contribution in [1.29, 1.82) is 0 Å². The van der Waals surface area contributed by atoms with Gasteiger partial charge in [0.2, 0.25) is 0 Å². The SMILES string of the molecule is CCCN(Cc1ccn(C(C)C)n1)c1ccc(N)cc1. The van der Waals surface area contributed by atoms with Crippen LogP contribution in [0.2, 0.25) is 0 Å². The average Bonchev–Trinajstić information content (AvgIpc) is 2.88. The summed E-state index contributed by atoms with van der Waals surface area (Å²) in [5, 5.41) is 4.63. The summed E-state index contributed by atoms with van der Waals surface area (Å²) < 4.78 is 2.00. The minimum absolute atomic E-state index is 0.403. The van der Waals surface area contributed by atoms with Gasteiger partial charge in [-0.05, 0) is 50.6 Å². The van der Waals surface area contributed by atoms with Gasteiger partial charge in [-0.1, -0.05) is 6.92 Å². The van der Waals surface area contributed by atoms with Gasteiger partial charge in [-0.3, -0.25) is 4.68 Å². The highest BCUT2D eigenvalue weighted by molar-refractivity contribution is 5.53. The first kappa shape index (κ1) is 14.4. The van der Waals surface area contributed by atoms with Crippen molar-refractivity contribution in [3.8, 4) is 0 Å². The minimum Gasteiger partial charge on any atom is -0.399 e. The zero-order valence-corrected chi connectivity index (χ0v) is 12.6. The number of hydrogen-bond donors (Lipinski definition) is 1. The lowest BCUT2D eigenvalue weighted by Gasteiger charge is -2.23. The number of rotatable bonds is 6. The molecule has 2 aromatic rings. The van der Waals surface area contributed by atoms with Crippen molar-refractivity contribution >= 4 is 11.4 Å². The van der Waals surface area contributed by atoms with E-state index in [4.69, 9.17) is 5.73 Å². The van der Waals surface area contributed by atoms with Gasteiger partial charge in [-0.15, -0.1) is 0 Å². The summed E-state index contributed by atoms with van der Waals surface area (Å²) in [5.41, 5.74) is 8.85. The third-order valence-electron chi connectivity index (χ3n) is 3.30. The Balaban J connectivity index is 2.14. The Bertz CT molecular complexity index is 528. The predicted octanol–water partition coefficient (Wildman–Crippen LogP) is 3.46. The van der Waals surface area contributed by atoms with Crippen LogP contribution in [0.3, 0.4) is 0 Å². The molecule has 0 amide bonds. The second-order valence-corrected chi connectivity index (χ2v) is 5.39. The first-order valence-electron chi connectivity index (χ1n) is 7.24. The van der Waals surface area contributed by atoms with E-state index in [0.29, 0.717) is 6.04 Å². The third kappa shape index (κ3) is 3.53. The van der Waals surface area contributed by atoms with E-state index in [-0.39, 0.29) is 0 Å². The lowest BCUT2D eigenvalue weighted by Crippen LogP contribution is -2.23. The molecule has 1 aromatic carbocycles. The highest BCUT2D eigenvalue weighted by atomic mass is 15.3. The Hall–Kier alpha value is -1.97. The number of anilines is 2. The highest BCUT2D eigenvalue weighted by Gasteiger charge is 2.09. The molecule has 0 saturated heterocycles. The summed E-state index contributed by atoms with van der Waals surface area (Å²) in [6.07, 6.45) is 3.16. The molecule has 0 spiro atoms. The van der Waals surface area contributed by atoms with E-state index >= 15 is 0 Å². The van der Waals surface area contributed by atoms with Gasteiger partial charge in [-0.25, -0.2) is 0 Å². The number of benzene rings is 1. The molecule has 0 fully saturated rings. The number of nitrogens with zero attached hydrogens (tertiary/aromatic N) is 3. The molecule has 108 valence electrons. The second-order valence-electron chi connectivity index (χ2n) is 5.39. The molecular weight excluding hydrogens is 248 g/mol. The molecule has 0 bridgehead atoms. The quantitative estimate of drug-likeness (QED) is 0.819. The van der Waals surface area contributed by atoms with E-state index in [0.717, 1.165) is 30.9 Å². The molecule has 0 unspecified atom stereocenters. The molecule has 0 radical (unpaired) electrons. The summed E-state index contributed by atoms with van der Waals surface area (Å²) in [4.78, 5) is 2.34. The Morgan fingerprint density at radius 1 is 1.20 bits per heavy atom. The van der Waals surface area contributed by atoms with Crippen molar-refractivity contribution in [3.63, 3.8) is 0 Å². The lowest BCUT2D eigenvalue weighted by atomic mass is 10.2. The summed E-state index contributed by atoms with van der Waals surface area (Å²) >= 11 is 0. The van der Waals surface area contributed by atoms with Crippen LogP contribution < -0.4 is 10.6 Å². The van der Waals surface area contributed by atoms with E-state index in [2.05, 4.69) is 49.0 Å². The van der Waals surface area contributed by atoms with Gasteiger partial charge in [0.15, 0.2) is 0 Å². The number of nitrogen functional groups attached to an aromatic ring is 1. The Kier molecular flexibility index (Phi) is 4.66. The van der Waals surface area contributed by atoms with Gasteiger partial charge in [0.05, 0.1) is 12.2 Å². The standard InChI is InChI=1S/C16H24N4/c1-4-10-19(16-7-5-14(17)6-8-16)12-15-9-11-20(18-15)13(2)3/h5-9,11,13H,4,10,12,17H2,1-3H3.